The summed E-state index contributed by atoms with van der Waals surface area (Å²) in [5, 5.41) is 6.28. The quantitative estimate of drug-likeness (QED) is 0.783. The van der Waals surface area contributed by atoms with E-state index in [1.54, 1.807) is 25.1 Å². The van der Waals surface area contributed by atoms with Crippen LogP contribution in [0.4, 0.5) is 5.69 Å². The maximum Gasteiger partial charge on any atom is 0.345 e. The van der Waals surface area contributed by atoms with Gasteiger partial charge >= 0.3 is 5.97 Å². The van der Waals surface area contributed by atoms with E-state index in [0.717, 1.165) is 6.42 Å². The van der Waals surface area contributed by atoms with Crippen molar-refractivity contribution in [3.05, 3.63) is 41.7 Å². The smallest absolute Gasteiger partial charge is 0.345 e. The summed E-state index contributed by atoms with van der Waals surface area (Å²) in [4.78, 5) is 23.7. The Bertz CT molecular complexity index is 693. The van der Waals surface area contributed by atoms with Crippen LogP contribution in [0.15, 0.2) is 34.9 Å². The molecule has 2 aromatic rings. The van der Waals surface area contributed by atoms with Crippen molar-refractivity contribution in [2.45, 2.75) is 33.3 Å². The summed E-state index contributed by atoms with van der Waals surface area (Å²) in [7, 11) is 0. The predicted octanol–water partition coefficient (Wildman–Crippen LogP) is 2.49. The second kappa shape index (κ2) is 8.14. The van der Waals surface area contributed by atoms with Gasteiger partial charge in [0.2, 0.25) is 0 Å². The zero-order chi connectivity index (χ0) is 17.5. The summed E-state index contributed by atoms with van der Waals surface area (Å²) in [5.41, 5.74) is 1.82. The molecule has 24 heavy (non-hydrogen) atoms. The molecule has 0 aliphatic heterocycles. The Morgan fingerprint density at radius 2 is 2.00 bits per heavy atom. The lowest BCUT2D eigenvalue weighted by molar-refractivity contribution is -0.155. The molecule has 1 aromatic carbocycles. The summed E-state index contributed by atoms with van der Waals surface area (Å²) in [5.74, 6) is -0.317. The highest BCUT2D eigenvalue weighted by molar-refractivity contribution is 5.95. The van der Waals surface area contributed by atoms with Crippen molar-refractivity contribution in [2.75, 3.05) is 11.9 Å². The summed E-state index contributed by atoms with van der Waals surface area (Å²) in [6, 6.07) is 9.02. The summed E-state index contributed by atoms with van der Waals surface area (Å²) in [6.45, 7) is 4.90. The Hall–Kier alpha value is -2.83. The van der Waals surface area contributed by atoms with E-state index in [4.69, 9.17) is 14.0 Å². The molecule has 0 aliphatic rings. The Kier molecular flexibility index (Phi) is 5.95. The highest BCUT2D eigenvalue weighted by Crippen LogP contribution is 2.12. The monoisotopic (exact) mass is 332 g/mol. The number of aromatic nitrogens is 1. The summed E-state index contributed by atoms with van der Waals surface area (Å²) in [6.07, 6.45) is -0.0150. The molecule has 1 aromatic heterocycles. The lowest BCUT2D eigenvalue weighted by atomic mass is 10.1. The summed E-state index contributed by atoms with van der Waals surface area (Å²) < 4.78 is 14.9. The van der Waals surface area contributed by atoms with E-state index in [1.165, 1.54) is 12.5 Å². The molecule has 0 bridgehead atoms. The van der Waals surface area contributed by atoms with Crippen LogP contribution in [0.1, 0.15) is 25.2 Å². The fourth-order valence-corrected chi connectivity index (χ4v) is 1.90. The molecule has 0 saturated carbocycles. The number of carbonyl (C=O) groups excluding carboxylic acids is 2. The van der Waals surface area contributed by atoms with Gasteiger partial charge in [0.15, 0.2) is 12.7 Å². The Labute approximate surface area is 139 Å². The van der Waals surface area contributed by atoms with Crippen molar-refractivity contribution in [3.63, 3.8) is 0 Å². The van der Waals surface area contributed by atoms with Crippen LogP contribution in [0.5, 0.6) is 5.88 Å². The van der Waals surface area contributed by atoms with Crippen LogP contribution in [-0.2, 0) is 20.7 Å². The number of hydrogen-bond donors (Lipinski definition) is 1. The Balaban J connectivity index is 1.78. The first-order valence-corrected chi connectivity index (χ1v) is 7.63. The standard InChI is InChI=1S/C17H20N2O5/c1-4-13-5-7-14(8-6-13)18-17(21)12(3)23-16(20)10-22-15-9-11(2)24-19-15/h5-9,12H,4,10H2,1-3H3,(H,18,21)/t12-/m1/s1. The molecule has 0 aliphatic carbocycles. The van der Waals surface area contributed by atoms with Gasteiger partial charge in [-0.3, -0.25) is 4.79 Å². The van der Waals surface area contributed by atoms with E-state index in [1.807, 2.05) is 12.1 Å². The van der Waals surface area contributed by atoms with Gasteiger partial charge in [-0.1, -0.05) is 19.1 Å². The van der Waals surface area contributed by atoms with Crippen molar-refractivity contribution >= 4 is 17.6 Å². The van der Waals surface area contributed by atoms with Crippen LogP contribution < -0.4 is 10.1 Å². The zero-order valence-corrected chi connectivity index (χ0v) is 13.9. The SMILES string of the molecule is CCc1ccc(NC(=O)[C@@H](C)OC(=O)COc2cc(C)on2)cc1. The van der Waals surface area contributed by atoms with E-state index in [0.29, 0.717) is 11.4 Å². The van der Waals surface area contributed by atoms with E-state index in [2.05, 4.69) is 17.4 Å². The minimum Gasteiger partial charge on any atom is -0.463 e. The molecule has 0 unspecified atom stereocenters. The topological polar surface area (TPSA) is 90.7 Å². The number of nitrogens with one attached hydrogen (secondary N) is 1. The van der Waals surface area contributed by atoms with Crippen LogP contribution in [0.2, 0.25) is 0 Å². The molecule has 1 heterocycles. The maximum atomic E-state index is 12.0. The van der Waals surface area contributed by atoms with Gasteiger partial charge in [-0.15, -0.1) is 0 Å². The third kappa shape index (κ3) is 5.12. The minimum absolute atomic E-state index is 0.192. The fraction of sp³-hybridized carbons (Fsp3) is 0.353. The number of rotatable bonds is 7. The van der Waals surface area contributed by atoms with Gasteiger partial charge in [-0.25, -0.2) is 4.79 Å². The van der Waals surface area contributed by atoms with Crippen LogP contribution in [0.3, 0.4) is 0 Å². The number of carbonyl (C=O) groups is 2. The van der Waals surface area contributed by atoms with Gasteiger partial charge in [0, 0.05) is 11.8 Å². The molecule has 1 N–H and O–H groups in total. The third-order valence-electron chi connectivity index (χ3n) is 3.25. The number of hydrogen-bond acceptors (Lipinski definition) is 6. The molecule has 1 amide bonds. The van der Waals surface area contributed by atoms with E-state index in [-0.39, 0.29) is 12.5 Å². The van der Waals surface area contributed by atoms with E-state index >= 15 is 0 Å². The second-order valence-corrected chi connectivity index (χ2v) is 5.24. The molecule has 0 radical (unpaired) electrons. The molecule has 0 fully saturated rings. The van der Waals surface area contributed by atoms with Crippen molar-refractivity contribution < 1.29 is 23.6 Å². The first-order chi connectivity index (χ1) is 11.5. The Morgan fingerprint density at radius 3 is 2.58 bits per heavy atom. The van der Waals surface area contributed by atoms with Crippen LogP contribution in [0, 0.1) is 6.92 Å². The molecule has 0 spiro atoms. The van der Waals surface area contributed by atoms with Gasteiger partial charge in [-0.2, -0.15) is 0 Å². The number of esters is 1. The summed E-state index contributed by atoms with van der Waals surface area (Å²) >= 11 is 0. The van der Waals surface area contributed by atoms with Crippen LogP contribution >= 0.6 is 0 Å². The second-order valence-electron chi connectivity index (χ2n) is 5.24. The number of ether oxygens (including phenoxy) is 2. The normalized spacial score (nSPS) is 11.6. The largest absolute Gasteiger partial charge is 0.463 e. The van der Waals surface area contributed by atoms with Gasteiger partial charge in [0.05, 0.1) is 0 Å². The number of aryl methyl sites for hydroxylation is 2. The predicted molar refractivity (Wildman–Crippen MR) is 86.7 cm³/mol. The zero-order valence-electron chi connectivity index (χ0n) is 13.9. The van der Waals surface area contributed by atoms with E-state index < -0.39 is 18.0 Å². The Morgan fingerprint density at radius 1 is 1.29 bits per heavy atom. The van der Waals surface area contributed by atoms with Crippen LogP contribution in [-0.4, -0.2) is 29.7 Å². The number of amides is 1. The van der Waals surface area contributed by atoms with E-state index in [9.17, 15) is 9.59 Å². The average molecular weight is 332 g/mol. The highest BCUT2D eigenvalue weighted by Gasteiger charge is 2.18. The molecule has 128 valence electrons. The first kappa shape index (κ1) is 17.5. The molecule has 7 heteroatoms. The van der Waals surface area contributed by atoms with Gasteiger partial charge in [0.1, 0.15) is 5.76 Å². The van der Waals surface area contributed by atoms with Gasteiger partial charge < -0.3 is 19.3 Å². The number of nitrogens with zero attached hydrogens (tertiary/aromatic N) is 1. The minimum atomic E-state index is -0.939. The van der Waals surface area contributed by atoms with Gasteiger partial charge in [0.25, 0.3) is 11.8 Å². The van der Waals surface area contributed by atoms with Gasteiger partial charge in [-0.05, 0) is 43.1 Å². The van der Waals surface area contributed by atoms with Crippen molar-refractivity contribution in [1.82, 2.24) is 5.16 Å². The maximum absolute atomic E-state index is 12.0. The molecular formula is C17H20N2O5. The lowest BCUT2D eigenvalue weighted by Crippen LogP contribution is -2.31. The molecular weight excluding hydrogens is 312 g/mol. The van der Waals surface area contributed by atoms with Crippen LogP contribution in [0.25, 0.3) is 0 Å². The van der Waals surface area contributed by atoms with Crippen molar-refractivity contribution in [1.29, 1.82) is 0 Å². The third-order valence-corrected chi connectivity index (χ3v) is 3.25. The molecule has 2 rings (SSSR count). The molecule has 7 nitrogen and oxygen atoms in total. The molecule has 1 atom stereocenters. The van der Waals surface area contributed by atoms with Crippen molar-refractivity contribution in [2.24, 2.45) is 0 Å². The fourth-order valence-electron chi connectivity index (χ4n) is 1.90. The highest BCUT2D eigenvalue weighted by atomic mass is 16.6. The number of anilines is 1. The average Bonchev–Trinajstić information content (AvgIpc) is 2.99. The lowest BCUT2D eigenvalue weighted by Gasteiger charge is -2.13. The number of benzene rings is 1. The molecule has 0 saturated heterocycles. The van der Waals surface area contributed by atoms with Crippen molar-refractivity contribution in [3.8, 4) is 5.88 Å². The first-order valence-electron chi connectivity index (χ1n) is 7.63.